The molecule has 1 aliphatic heterocycles. The molecule has 0 unspecified atom stereocenters. The van der Waals surface area contributed by atoms with E-state index in [4.69, 9.17) is 5.11 Å². The van der Waals surface area contributed by atoms with Gasteiger partial charge in [-0.25, -0.2) is 13.2 Å². The largest absolute Gasteiger partial charge is 0.465 e. The van der Waals surface area contributed by atoms with Crippen molar-refractivity contribution in [1.29, 1.82) is 0 Å². The molecule has 0 spiro atoms. The van der Waals surface area contributed by atoms with Crippen molar-refractivity contribution >= 4 is 22.0 Å². The topological polar surface area (TPSA) is 94.9 Å². The van der Waals surface area contributed by atoms with E-state index in [9.17, 15) is 18.3 Å². The molecule has 2 rings (SSSR count). The number of sulfone groups is 1. The molecule has 2 N–H and O–H groups in total. The number of amides is 1. The highest BCUT2D eigenvalue weighted by Gasteiger charge is 2.32. The Morgan fingerprint density at radius 2 is 1.83 bits per heavy atom. The number of benzene rings is 1. The van der Waals surface area contributed by atoms with Crippen LogP contribution in [0, 0.1) is 0 Å². The molecule has 1 saturated heterocycles. The first-order chi connectivity index (χ1) is 11.2. The highest BCUT2D eigenvalue weighted by molar-refractivity contribution is 7.90. The summed E-state index contributed by atoms with van der Waals surface area (Å²) in [4.78, 5) is 12.5. The fraction of sp³-hybridized carbons (Fsp3) is 0.471. The van der Waals surface area contributed by atoms with Crippen molar-refractivity contribution < 1.29 is 23.4 Å². The summed E-state index contributed by atoms with van der Waals surface area (Å²) in [6, 6.07) is 6.63. The number of piperidine rings is 1. The molecule has 1 heterocycles. The zero-order valence-electron chi connectivity index (χ0n) is 13.7. The predicted molar refractivity (Wildman–Crippen MR) is 91.6 cm³/mol. The van der Waals surface area contributed by atoms with Gasteiger partial charge in [-0.3, -0.25) is 0 Å². The lowest BCUT2D eigenvalue weighted by molar-refractivity contribution is -0.0223. The van der Waals surface area contributed by atoms with E-state index in [1.807, 2.05) is 12.2 Å². The van der Waals surface area contributed by atoms with E-state index in [-0.39, 0.29) is 0 Å². The van der Waals surface area contributed by atoms with E-state index >= 15 is 0 Å². The second-order valence-electron chi connectivity index (χ2n) is 6.28. The zero-order chi connectivity index (χ0) is 17.8. The van der Waals surface area contributed by atoms with Gasteiger partial charge in [0.1, 0.15) is 0 Å². The molecule has 0 atom stereocenters. The molecule has 1 aromatic rings. The molecule has 1 amide bonds. The van der Waals surface area contributed by atoms with E-state index in [0.29, 0.717) is 43.7 Å². The van der Waals surface area contributed by atoms with Crippen LogP contribution in [0.1, 0.15) is 31.2 Å². The van der Waals surface area contributed by atoms with E-state index in [1.165, 1.54) is 11.2 Å². The van der Waals surface area contributed by atoms with Crippen molar-refractivity contribution in [2.24, 2.45) is 0 Å². The van der Waals surface area contributed by atoms with Crippen molar-refractivity contribution in [1.82, 2.24) is 4.90 Å². The lowest BCUT2D eigenvalue weighted by atomic mass is 9.87. The summed E-state index contributed by atoms with van der Waals surface area (Å²) in [6.45, 7) is 0.727. The summed E-state index contributed by atoms with van der Waals surface area (Å²) in [5, 5.41) is 19.4. The van der Waals surface area contributed by atoms with Crippen LogP contribution >= 0.6 is 0 Å². The SMILES string of the molecule is CS(=O)(=O)c1ccc(/C=C/CCC2(O)CCN(C(=O)O)CC2)cc1. The summed E-state index contributed by atoms with van der Waals surface area (Å²) in [6.07, 6.45) is 6.24. The van der Waals surface area contributed by atoms with Gasteiger partial charge in [0.15, 0.2) is 9.84 Å². The van der Waals surface area contributed by atoms with Gasteiger partial charge in [0.25, 0.3) is 0 Å². The summed E-state index contributed by atoms with van der Waals surface area (Å²) in [5.74, 6) is 0. The number of allylic oxidation sites excluding steroid dienone is 1. The zero-order valence-corrected chi connectivity index (χ0v) is 14.5. The van der Waals surface area contributed by atoms with Gasteiger partial charge in [-0.1, -0.05) is 24.3 Å². The van der Waals surface area contributed by atoms with Crippen LogP contribution < -0.4 is 0 Å². The van der Waals surface area contributed by atoms with Crippen LogP contribution in [0.4, 0.5) is 4.79 Å². The van der Waals surface area contributed by atoms with Crippen LogP contribution in [0.25, 0.3) is 6.08 Å². The first kappa shape index (κ1) is 18.5. The normalized spacial score (nSPS) is 18.0. The molecule has 0 bridgehead atoms. The second kappa shape index (κ2) is 7.36. The molecular weight excluding hydrogens is 330 g/mol. The highest BCUT2D eigenvalue weighted by Crippen LogP contribution is 2.27. The maximum Gasteiger partial charge on any atom is 0.407 e. The summed E-state index contributed by atoms with van der Waals surface area (Å²) >= 11 is 0. The third-order valence-electron chi connectivity index (χ3n) is 4.36. The van der Waals surface area contributed by atoms with Crippen molar-refractivity contribution in [2.45, 2.75) is 36.2 Å². The van der Waals surface area contributed by atoms with Crippen LogP contribution in [0.3, 0.4) is 0 Å². The fourth-order valence-electron chi connectivity index (χ4n) is 2.76. The Hall–Kier alpha value is -1.86. The molecule has 0 saturated carbocycles. The maximum absolute atomic E-state index is 11.4. The minimum absolute atomic E-state index is 0.291. The monoisotopic (exact) mass is 353 g/mol. The van der Waals surface area contributed by atoms with Crippen LogP contribution in [0.15, 0.2) is 35.2 Å². The Kier molecular flexibility index (Phi) is 5.66. The van der Waals surface area contributed by atoms with E-state index in [0.717, 1.165) is 5.56 Å². The Balaban J connectivity index is 1.83. The van der Waals surface area contributed by atoms with Gasteiger partial charge in [0, 0.05) is 19.3 Å². The van der Waals surface area contributed by atoms with Gasteiger partial charge in [-0.15, -0.1) is 0 Å². The Bertz CT molecular complexity index is 701. The van der Waals surface area contributed by atoms with Crippen LogP contribution in [0.2, 0.25) is 0 Å². The summed E-state index contributed by atoms with van der Waals surface area (Å²) in [7, 11) is -3.18. The molecule has 7 heteroatoms. The smallest absolute Gasteiger partial charge is 0.407 e. The minimum Gasteiger partial charge on any atom is -0.465 e. The van der Waals surface area contributed by atoms with Gasteiger partial charge in [0.05, 0.1) is 10.5 Å². The first-order valence-corrected chi connectivity index (χ1v) is 9.76. The standard InChI is InChI=1S/C17H23NO5S/c1-24(22,23)15-7-5-14(6-8-15)4-2-3-9-17(21)10-12-18(13-11-17)16(19)20/h2,4-8,21H,3,9-13H2,1H3,(H,19,20)/b4-2+. The minimum atomic E-state index is -3.18. The van der Waals surface area contributed by atoms with E-state index in [2.05, 4.69) is 0 Å². The molecule has 0 radical (unpaired) electrons. The van der Waals surface area contributed by atoms with Crippen molar-refractivity contribution in [2.75, 3.05) is 19.3 Å². The average Bonchev–Trinajstić information content (AvgIpc) is 2.52. The molecule has 0 aromatic heterocycles. The van der Waals surface area contributed by atoms with Crippen molar-refractivity contribution in [3.63, 3.8) is 0 Å². The molecule has 24 heavy (non-hydrogen) atoms. The predicted octanol–water partition coefficient (Wildman–Crippen LogP) is 2.39. The average molecular weight is 353 g/mol. The Morgan fingerprint density at radius 1 is 1.25 bits per heavy atom. The number of nitrogens with zero attached hydrogens (tertiary/aromatic N) is 1. The Morgan fingerprint density at radius 3 is 2.33 bits per heavy atom. The van der Waals surface area contributed by atoms with Crippen LogP contribution in [0.5, 0.6) is 0 Å². The molecule has 1 aromatic carbocycles. The van der Waals surface area contributed by atoms with E-state index < -0.39 is 21.5 Å². The van der Waals surface area contributed by atoms with Crippen molar-refractivity contribution in [3.8, 4) is 0 Å². The lowest BCUT2D eigenvalue weighted by Gasteiger charge is -2.36. The van der Waals surface area contributed by atoms with Gasteiger partial charge < -0.3 is 15.1 Å². The maximum atomic E-state index is 11.4. The molecule has 0 aliphatic carbocycles. The molecule has 6 nitrogen and oxygen atoms in total. The summed E-state index contributed by atoms with van der Waals surface area (Å²) < 4.78 is 22.8. The number of aliphatic hydroxyl groups is 1. The number of hydrogen-bond donors (Lipinski definition) is 2. The Labute approximate surface area is 142 Å². The van der Waals surface area contributed by atoms with Crippen LogP contribution in [-0.4, -0.2) is 54.6 Å². The number of rotatable bonds is 5. The number of carbonyl (C=O) groups is 1. The third-order valence-corrected chi connectivity index (χ3v) is 5.49. The van der Waals surface area contributed by atoms with Gasteiger partial charge >= 0.3 is 6.09 Å². The number of carboxylic acid groups (broad SMARTS) is 1. The molecule has 1 fully saturated rings. The van der Waals surface area contributed by atoms with Crippen molar-refractivity contribution in [3.05, 3.63) is 35.9 Å². The van der Waals surface area contributed by atoms with Gasteiger partial charge in [-0.05, 0) is 43.4 Å². The molecule has 1 aliphatic rings. The third kappa shape index (κ3) is 5.07. The lowest BCUT2D eigenvalue weighted by Crippen LogP contribution is -2.46. The van der Waals surface area contributed by atoms with Gasteiger partial charge in [-0.2, -0.15) is 0 Å². The summed E-state index contributed by atoms with van der Waals surface area (Å²) in [5.41, 5.74) is 0.0891. The molecule has 132 valence electrons. The fourth-order valence-corrected chi connectivity index (χ4v) is 3.39. The second-order valence-corrected chi connectivity index (χ2v) is 8.29. The van der Waals surface area contributed by atoms with Crippen LogP contribution in [-0.2, 0) is 9.84 Å². The first-order valence-electron chi connectivity index (χ1n) is 7.87. The van der Waals surface area contributed by atoms with E-state index in [1.54, 1.807) is 24.3 Å². The molecular formula is C17H23NO5S. The number of hydrogen-bond acceptors (Lipinski definition) is 4. The van der Waals surface area contributed by atoms with Gasteiger partial charge in [0.2, 0.25) is 0 Å². The quantitative estimate of drug-likeness (QED) is 0.847. The highest BCUT2D eigenvalue weighted by atomic mass is 32.2. The number of likely N-dealkylation sites (tertiary alicyclic amines) is 1.